The number of carbonyl (C=O) groups excluding carboxylic acids is 3. The molecule has 1 aliphatic rings. The average Bonchev–Trinajstić information content (AvgIpc) is 3.45. The molecule has 11 heteroatoms. The molecule has 2 heterocycles. The van der Waals surface area contributed by atoms with Crippen molar-refractivity contribution >= 4 is 23.3 Å². The van der Waals surface area contributed by atoms with E-state index in [0.29, 0.717) is 22.8 Å². The van der Waals surface area contributed by atoms with Crippen LogP contribution in [0.3, 0.4) is 0 Å². The first-order valence-corrected chi connectivity index (χ1v) is 11.0. The van der Waals surface area contributed by atoms with Gasteiger partial charge in [-0.3, -0.25) is 24.5 Å². The lowest BCUT2D eigenvalue weighted by molar-refractivity contribution is -0.384. The minimum atomic E-state index is -0.642. The molecule has 0 atom stereocenters. The number of amides is 1. The zero-order valence-corrected chi connectivity index (χ0v) is 19.6. The van der Waals surface area contributed by atoms with Gasteiger partial charge in [-0.1, -0.05) is 0 Å². The molecule has 0 saturated carbocycles. The number of rotatable bonds is 9. The topological polar surface area (TPSA) is 139 Å². The highest BCUT2D eigenvalue weighted by Crippen LogP contribution is 2.35. The zero-order chi connectivity index (χ0) is 25.8. The van der Waals surface area contributed by atoms with Crippen LogP contribution in [-0.4, -0.2) is 47.1 Å². The number of hydrogen-bond donors (Lipinski definition) is 1. The zero-order valence-electron chi connectivity index (χ0n) is 19.6. The van der Waals surface area contributed by atoms with E-state index in [0.717, 1.165) is 11.4 Å². The molecule has 1 N–H and O–H groups in total. The standard InChI is InChI=1S/C25H23N3O8/c1-15-11-20(16(2)27(15)19-7-8-22-23(12-19)36-14-35-22)21(29)13-34-24(30)9-10-26-25(31)17-3-5-18(6-4-17)28(32)33/h3-8,11-12H,9-10,13-14H2,1-2H3,(H,26,31). The molecule has 0 aliphatic carbocycles. The lowest BCUT2D eigenvalue weighted by Gasteiger charge is -2.11. The Balaban J connectivity index is 1.29. The van der Waals surface area contributed by atoms with Gasteiger partial charge >= 0.3 is 5.97 Å². The van der Waals surface area contributed by atoms with Gasteiger partial charge in [0.25, 0.3) is 11.6 Å². The number of aryl methyl sites for hydroxylation is 1. The number of benzene rings is 2. The summed E-state index contributed by atoms with van der Waals surface area (Å²) in [6, 6.07) is 12.3. The number of Topliss-reactive ketones (excluding diaryl/α,β-unsaturated/α-hetero) is 1. The molecule has 2 aromatic carbocycles. The smallest absolute Gasteiger partial charge is 0.308 e. The first-order chi connectivity index (χ1) is 17.2. The van der Waals surface area contributed by atoms with E-state index < -0.39 is 23.4 Å². The van der Waals surface area contributed by atoms with Crippen LogP contribution in [0.15, 0.2) is 48.5 Å². The minimum Gasteiger partial charge on any atom is -0.457 e. The molecule has 186 valence electrons. The molecular weight excluding hydrogens is 470 g/mol. The Bertz CT molecular complexity index is 1340. The summed E-state index contributed by atoms with van der Waals surface area (Å²) >= 11 is 0. The minimum absolute atomic E-state index is 0.0124. The van der Waals surface area contributed by atoms with Crippen LogP contribution in [0.4, 0.5) is 5.69 Å². The Hall–Kier alpha value is -4.67. The maximum atomic E-state index is 12.7. The number of nitro groups is 1. The number of ether oxygens (including phenoxy) is 3. The fourth-order valence-corrected chi connectivity index (χ4v) is 3.88. The Morgan fingerprint density at radius 1 is 1.06 bits per heavy atom. The second kappa shape index (κ2) is 10.3. The van der Waals surface area contributed by atoms with E-state index in [1.807, 2.05) is 23.6 Å². The van der Waals surface area contributed by atoms with E-state index in [2.05, 4.69) is 5.32 Å². The van der Waals surface area contributed by atoms with Crippen LogP contribution >= 0.6 is 0 Å². The number of aromatic nitrogens is 1. The lowest BCUT2D eigenvalue weighted by Crippen LogP contribution is -2.27. The highest BCUT2D eigenvalue weighted by Gasteiger charge is 2.20. The van der Waals surface area contributed by atoms with Crippen LogP contribution < -0.4 is 14.8 Å². The highest BCUT2D eigenvalue weighted by molar-refractivity contribution is 5.99. The SMILES string of the molecule is Cc1cc(C(=O)COC(=O)CCNC(=O)c2ccc([N+](=O)[O-])cc2)c(C)n1-c1ccc2c(c1)OCO2. The second-order valence-corrected chi connectivity index (χ2v) is 8.05. The van der Waals surface area contributed by atoms with Crippen molar-refractivity contribution in [1.29, 1.82) is 0 Å². The van der Waals surface area contributed by atoms with E-state index in [1.165, 1.54) is 24.3 Å². The van der Waals surface area contributed by atoms with Gasteiger partial charge in [-0.15, -0.1) is 0 Å². The van der Waals surface area contributed by atoms with Crippen molar-refractivity contribution in [3.05, 3.63) is 81.2 Å². The maximum absolute atomic E-state index is 12.7. The van der Waals surface area contributed by atoms with E-state index >= 15 is 0 Å². The third-order valence-corrected chi connectivity index (χ3v) is 5.67. The fourth-order valence-electron chi connectivity index (χ4n) is 3.88. The van der Waals surface area contributed by atoms with Crippen LogP contribution in [0.1, 0.15) is 38.5 Å². The largest absolute Gasteiger partial charge is 0.457 e. The molecule has 3 aromatic rings. The van der Waals surface area contributed by atoms with E-state index in [1.54, 1.807) is 19.1 Å². The third kappa shape index (κ3) is 5.19. The summed E-state index contributed by atoms with van der Waals surface area (Å²) < 4.78 is 17.8. The van der Waals surface area contributed by atoms with Crippen molar-refractivity contribution in [2.75, 3.05) is 19.9 Å². The van der Waals surface area contributed by atoms with Gasteiger partial charge in [0.2, 0.25) is 12.6 Å². The number of nitro benzene ring substituents is 1. The van der Waals surface area contributed by atoms with Gasteiger partial charge in [-0.2, -0.15) is 0 Å². The predicted molar refractivity (Wildman–Crippen MR) is 127 cm³/mol. The number of nitrogens with zero attached hydrogens (tertiary/aromatic N) is 2. The summed E-state index contributed by atoms with van der Waals surface area (Å²) in [7, 11) is 0. The molecule has 1 aromatic heterocycles. The molecule has 0 bridgehead atoms. The Morgan fingerprint density at radius 3 is 2.50 bits per heavy atom. The lowest BCUT2D eigenvalue weighted by atomic mass is 10.1. The summed E-state index contributed by atoms with van der Waals surface area (Å²) in [5.74, 6) is -0.184. The number of ketones is 1. The first-order valence-electron chi connectivity index (χ1n) is 11.0. The van der Waals surface area contributed by atoms with Crippen molar-refractivity contribution in [3.8, 4) is 17.2 Å². The molecular formula is C25H23N3O8. The van der Waals surface area contributed by atoms with Gasteiger partial charge in [0.1, 0.15) is 0 Å². The second-order valence-electron chi connectivity index (χ2n) is 8.05. The normalized spacial score (nSPS) is 11.7. The summed E-state index contributed by atoms with van der Waals surface area (Å²) in [4.78, 5) is 47.0. The van der Waals surface area contributed by atoms with Crippen LogP contribution in [0.5, 0.6) is 11.5 Å². The Kier molecular flexibility index (Phi) is 7.00. The molecule has 0 radical (unpaired) electrons. The van der Waals surface area contributed by atoms with Crippen LogP contribution in [0.2, 0.25) is 0 Å². The Labute approximate surface area is 205 Å². The van der Waals surface area contributed by atoms with Crippen molar-refractivity contribution in [3.63, 3.8) is 0 Å². The molecule has 4 rings (SSSR count). The number of carbonyl (C=O) groups is 3. The summed E-state index contributed by atoms with van der Waals surface area (Å²) in [6.07, 6.45) is -0.137. The summed E-state index contributed by atoms with van der Waals surface area (Å²) in [5, 5.41) is 13.2. The number of nitrogens with one attached hydrogen (secondary N) is 1. The van der Waals surface area contributed by atoms with E-state index in [9.17, 15) is 24.5 Å². The number of esters is 1. The quantitative estimate of drug-likeness (QED) is 0.207. The number of hydrogen-bond acceptors (Lipinski definition) is 8. The van der Waals surface area contributed by atoms with Crippen molar-refractivity contribution in [2.45, 2.75) is 20.3 Å². The van der Waals surface area contributed by atoms with Gasteiger partial charge in [0.15, 0.2) is 18.1 Å². The Morgan fingerprint density at radius 2 is 1.78 bits per heavy atom. The van der Waals surface area contributed by atoms with Gasteiger partial charge < -0.3 is 24.1 Å². The predicted octanol–water partition coefficient (Wildman–Crippen LogP) is 3.28. The average molecular weight is 493 g/mol. The van der Waals surface area contributed by atoms with Crippen molar-refractivity contribution in [2.24, 2.45) is 0 Å². The van der Waals surface area contributed by atoms with Crippen molar-refractivity contribution < 1.29 is 33.5 Å². The van der Waals surface area contributed by atoms with Gasteiger partial charge in [-0.05, 0) is 44.2 Å². The molecule has 0 saturated heterocycles. The molecule has 11 nitrogen and oxygen atoms in total. The van der Waals surface area contributed by atoms with Gasteiger partial charge in [0.05, 0.1) is 11.3 Å². The van der Waals surface area contributed by atoms with E-state index in [4.69, 9.17) is 14.2 Å². The molecule has 1 amide bonds. The van der Waals surface area contributed by atoms with E-state index in [-0.39, 0.29) is 36.8 Å². The molecule has 0 fully saturated rings. The van der Waals surface area contributed by atoms with Gasteiger partial charge in [-0.25, -0.2) is 0 Å². The number of non-ortho nitro benzene ring substituents is 1. The summed E-state index contributed by atoms with van der Waals surface area (Å²) in [5.41, 5.74) is 2.87. The van der Waals surface area contributed by atoms with Crippen LogP contribution in [-0.2, 0) is 9.53 Å². The number of fused-ring (bicyclic) bond motifs is 1. The molecule has 0 unspecified atom stereocenters. The summed E-state index contributed by atoms with van der Waals surface area (Å²) in [6.45, 7) is 3.40. The van der Waals surface area contributed by atoms with Crippen molar-refractivity contribution in [1.82, 2.24) is 9.88 Å². The monoisotopic (exact) mass is 493 g/mol. The van der Waals surface area contributed by atoms with Gasteiger partial charge in [0, 0.05) is 52.9 Å². The van der Waals surface area contributed by atoms with Crippen LogP contribution in [0, 0.1) is 24.0 Å². The maximum Gasteiger partial charge on any atom is 0.308 e. The first kappa shape index (κ1) is 24.5. The third-order valence-electron chi connectivity index (χ3n) is 5.67. The fraction of sp³-hybridized carbons (Fsp3) is 0.240. The molecule has 36 heavy (non-hydrogen) atoms. The molecule has 1 aliphatic heterocycles. The molecule has 0 spiro atoms. The highest BCUT2D eigenvalue weighted by atomic mass is 16.7. The van der Waals surface area contributed by atoms with Crippen LogP contribution in [0.25, 0.3) is 5.69 Å².